The van der Waals surface area contributed by atoms with Gasteiger partial charge in [0, 0.05) is 44.7 Å². The molecule has 0 aromatic carbocycles. The third-order valence-electron chi connectivity index (χ3n) is 4.97. The number of hydrogen-bond donors (Lipinski definition) is 1. The van der Waals surface area contributed by atoms with Crippen LogP contribution in [0.5, 0.6) is 0 Å². The van der Waals surface area contributed by atoms with E-state index in [0.29, 0.717) is 32.2 Å². The predicted octanol–water partition coefficient (Wildman–Crippen LogP) is 2.09. The van der Waals surface area contributed by atoms with E-state index in [2.05, 4.69) is 19.2 Å². The summed E-state index contributed by atoms with van der Waals surface area (Å²) >= 11 is 0. The molecule has 2 atom stereocenters. The molecule has 2 aliphatic heterocycles. The number of urea groups is 1. The first kappa shape index (κ1) is 19.0. The monoisotopic (exact) mass is 339 g/mol. The van der Waals surface area contributed by atoms with Crippen LogP contribution in [0.1, 0.15) is 47.0 Å². The van der Waals surface area contributed by atoms with E-state index in [0.717, 1.165) is 25.8 Å². The Morgan fingerprint density at radius 3 is 2.38 bits per heavy atom. The summed E-state index contributed by atoms with van der Waals surface area (Å²) < 4.78 is 5.77. The Bertz CT molecular complexity index is 439. The summed E-state index contributed by atoms with van der Waals surface area (Å²) in [7, 11) is 0. The van der Waals surface area contributed by atoms with Crippen molar-refractivity contribution in [3.63, 3.8) is 0 Å². The highest BCUT2D eigenvalue weighted by Gasteiger charge is 2.28. The van der Waals surface area contributed by atoms with Crippen molar-refractivity contribution >= 4 is 11.9 Å². The van der Waals surface area contributed by atoms with E-state index in [-0.39, 0.29) is 30.0 Å². The standard InChI is InChI=1S/C18H33N3O3/c1-13(2)16-12-15(6-11-24-16)19-18(23)21-8-5-7-20(9-10-21)17(22)14(3)4/h13-16H,5-12H2,1-4H3,(H,19,23)/t15-,16+/m0/s1. The molecule has 2 saturated heterocycles. The molecule has 2 fully saturated rings. The van der Waals surface area contributed by atoms with Crippen LogP contribution in [-0.2, 0) is 9.53 Å². The fraction of sp³-hybridized carbons (Fsp3) is 0.889. The number of hydrogen-bond acceptors (Lipinski definition) is 3. The van der Waals surface area contributed by atoms with Crippen LogP contribution < -0.4 is 5.32 Å². The molecule has 0 aromatic heterocycles. The Morgan fingerprint density at radius 1 is 1.04 bits per heavy atom. The minimum Gasteiger partial charge on any atom is -0.378 e. The lowest BCUT2D eigenvalue weighted by molar-refractivity contribution is -0.134. The SMILES string of the molecule is CC(C)C(=O)N1CCCN(C(=O)N[C@H]2CCO[C@@H](C(C)C)C2)CC1. The van der Waals surface area contributed by atoms with E-state index in [1.165, 1.54) is 0 Å². The fourth-order valence-corrected chi connectivity index (χ4v) is 3.40. The summed E-state index contributed by atoms with van der Waals surface area (Å²) in [5.41, 5.74) is 0. The van der Waals surface area contributed by atoms with E-state index in [4.69, 9.17) is 4.74 Å². The summed E-state index contributed by atoms with van der Waals surface area (Å²) in [6.45, 7) is 11.6. The zero-order chi connectivity index (χ0) is 17.7. The first-order valence-electron chi connectivity index (χ1n) is 9.34. The molecule has 1 N–H and O–H groups in total. The second-order valence-corrected chi connectivity index (χ2v) is 7.64. The second kappa shape index (κ2) is 8.70. The molecule has 0 spiro atoms. The van der Waals surface area contributed by atoms with Crippen molar-refractivity contribution in [2.75, 3.05) is 32.8 Å². The third kappa shape index (κ3) is 5.10. The van der Waals surface area contributed by atoms with Gasteiger partial charge in [-0.3, -0.25) is 4.79 Å². The number of carbonyl (C=O) groups excluding carboxylic acids is 2. The van der Waals surface area contributed by atoms with Gasteiger partial charge in [0.2, 0.25) is 5.91 Å². The molecule has 0 aliphatic carbocycles. The van der Waals surface area contributed by atoms with Gasteiger partial charge in [0.05, 0.1) is 6.10 Å². The largest absolute Gasteiger partial charge is 0.378 e. The van der Waals surface area contributed by atoms with E-state index in [1.807, 2.05) is 23.6 Å². The lowest BCUT2D eigenvalue weighted by Gasteiger charge is -2.33. The molecule has 2 rings (SSSR count). The highest BCUT2D eigenvalue weighted by atomic mass is 16.5. The molecule has 6 nitrogen and oxygen atoms in total. The zero-order valence-corrected chi connectivity index (χ0v) is 15.6. The first-order valence-corrected chi connectivity index (χ1v) is 9.34. The van der Waals surface area contributed by atoms with E-state index in [1.54, 1.807) is 0 Å². The van der Waals surface area contributed by atoms with Crippen LogP contribution in [0.15, 0.2) is 0 Å². The van der Waals surface area contributed by atoms with Crippen LogP contribution in [0.25, 0.3) is 0 Å². The van der Waals surface area contributed by atoms with Gasteiger partial charge in [-0.1, -0.05) is 27.7 Å². The van der Waals surface area contributed by atoms with Gasteiger partial charge < -0.3 is 19.9 Å². The maximum atomic E-state index is 12.6. The number of nitrogens with zero attached hydrogens (tertiary/aromatic N) is 2. The van der Waals surface area contributed by atoms with Gasteiger partial charge in [-0.2, -0.15) is 0 Å². The van der Waals surface area contributed by atoms with Crippen LogP contribution in [0.4, 0.5) is 4.79 Å². The van der Waals surface area contributed by atoms with Crippen molar-refractivity contribution in [2.45, 2.75) is 59.1 Å². The van der Waals surface area contributed by atoms with Crippen molar-refractivity contribution < 1.29 is 14.3 Å². The molecular weight excluding hydrogens is 306 g/mol. The maximum Gasteiger partial charge on any atom is 0.317 e. The molecule has 0 aromatic rings. The van der Waals surface area contributed by atoms with Gasteiger partial charge in [0.15, 0.2) is 0 Å². The summed E-state index contributed by atoms with van der Waals surface area (Å²) in [6, 6.07) is 0.193. The van der Waals surface area contributed by atoms with E-state index >= 15 is 0 Å². The number of rotatable bonds is 3. The van der Waals surface area contributed by atoms with Gasteiger partial charge in [0.1, 0.15) is 0 Å². The van der Waals surface area contributed by atoms with Crippen LogP contribution in [0, 0.1) is 11.8 Å². The number of carbonyl (C=O) groups is 2. The first-order chi connectivity index (χ1) is 11.4. The van der Waals surface area contributed by atoms with Crippen molar-refractivity contribution in [2.24, 2.45) is 11.8 Å². The Labute approximate surface area is 145 Å². The number of amides is 3. The smallest absolute Gasteiger partial charge is 0.317 e. The van der Waals surface area contributed by atoms with Gasteiger partial charge in [-0.25, -0.2) is 4.79 Å². The molecule has 0 saturated carbocycles. The summed E-state index contributed by atoms with van der Waals surface area (Å²) in [5.74, 6) is 0.667. The fourth-order valence-electron chi connectivity index (χ4n) is 3.40. The normalized spacial score (nSPS) is 25.8. The van der Waals surface area contributed by atoms with Gasteiger partial charge in [0.25, 0.3) is 0 Å². The number of ether oxygens (including phenoxy) is 1. The van der Waals surface area contributed by atoms with Crippen molar-refractivity contribution in [3.8, 4) is 0 Å². The van der Waals surface area contributed by atoms with E-state index < -0.39 is 0 Å². The molecule has 2 heterocycles. The summed E-state index contributed by atoms with van der Waals surface area (Å²) in [5, 5.41) is 3.17. The predicted molar refractivity (Wildman–Crippen MR) is 93.7 cm³/mol. The Hall–Kier alpha value is -1.30. The Balaban J connectivity index is 1.83. The minimum atomic E-state index is 0.00301. The lowest BCUT2D eigenvalue weighted by atomic mass is 9.95. The third-order valence-corrected chi connectivity index (χ3v) is 4.97. The molecule has 3 amide bonds. The van der Waals surface area contributed by atoms with Gasteiger partial charge in [-0.15, -0.1) is 0 Å². The highest BCUT2D eigenvalue weighted by molar-refractivity contribution is 5.78. The highest BCUT2D eigenvalue weighted by Crippen LogP contribution is 2.20. The molecule has 0 unspecified atom stereocenters. The van der Waals surface area contributed by atoms with Gasteiger partial charge in [-0.05, 0) is 25.2 Å². The maximum absolute atomic E-state index is 12.6. The quantitative estimate of drug-likeness (QED) is 0.856. The zero-order valence-electron chi connectivity index (χ0n) is 15.6. The molecule has 2 aliphatic rings. The van der Waals surface area contributed by atoms with Crippen molar-refractivity contribution in [1.29, 1.82) is 0 Å². The van der Waals surface area contributed by atoms with Crippen LogP contribution in [0.2, 0.25) is 0 Å². The average Bonchev–Trinajstić information content (AvgIpc) is 2.80. The molecule has 0 radical (unpaired) electrons. The topological polar surface area (TPSA) is 61.9 Å². The van der Waals surface area contributed by atoms with Crippen LogP contribution >= 0.6 is 0 Å². The molecular formula is C18H33N3O3. The Morgan fingerprint density at radius 2 is 1.71 bits per heavy atom. The minimum absolute atomic E-state index is 0.00301. The van der Waals surface area contributed by atoms with E-state index in [9.17, 15) is 9.59 Å². The second-order valence-electron chi connectivity index (χ2n) is 7.64. The van der Waals surface area contributed by atoms with Gasteiger partial charge >= 0.3 is 6.03 Å². The number of nitrogens with one attached hydrogen (secondary N) is 1. The van der Waals surface area contributed by atoms with Crippen LogP contribution in [0.3, 0.4) is 0 Å². The lowest BCUT2D eigenvalue weighted by Crippen LogP contribution is -2.49. The summed E-state index contributed by atoms with van der Waals surface area (Å²) in [6.07, 6.45) is 2.83. The average molecular weight is 339 g/mol. The van der Waals surface area contributed by atoms with Crippen molar-refractivity contribution in [1.82, 2.24) is 15.1 Å². The van der Waals surface area contributed by atoms with Crippen molar-refractivity contribution in [3.05, 3.63) is 0 Å². The Kier molecular flexibility index (Phi) is 6.90. The summed E-state index contributed by atoms with van der Waals surface area (Å²) in [4.78, 5) is 28.5. The molecule has 24 heavy (non-hydrogen) atoms. The molecule has 138 valence electrons. The van der Waals surface area contributed by atoms with Crippen LogP contribution in [-0.4, -0.2) is 66.7 Å². The molecule has 0 bridgehead atoms. The molecule has 6 heteroatoms.